The van der Waals surface area contributed by atoms with Gasteiger partial charge in [-0.05, 0) is 0 Å². The van der Waals surface area contributed by atoms with Crippen molar-refractivity contribution < 1.29 is 9.59 Å². The summed E-state index contributed by atoms with van der Waals surface area (Å²) in [7, 11) is 0. The Balaban J connectivity index is 2.13. The van der Waals surface area contributed by atoms with E-state index in [9.17, 15) is 9.59 Å². The summed E-state index contributed by atoms with van der Waals surface area (Å²) < 4.78 is 0. The van der Waals surface area contributed by atoms with Gasteiger partial charge in [0.25, 0.3) is 0 Å². The van der Waals surface area contributed by atoms with Gasteiger partial charge < -0.3 is 15.4 Å². The first-order chi connectivity index (χ1) is 4.84. The first kappa shape index (κ1) is 7.21. The fourth-order valence-corrected chi connectivity index (χ4v) is 0.761. The van der Waals surface area contributed by atoms with E-state index in [-0.39, 0.29) is 18.4 Å². The second-order valence-corrected chi connectivity index (χ2v) is 2.27. The molecule has 0 aromatic rings. The van der Waals surface area contributed by atoms with Gasteiger partial charge in [-0.3, -0.25) is 4.79 Å². The van der Waals surface area contributed by atoms with Crippen molar-refractivity contribution in [3.05, 3.63) is 0 Å². The van der Waals surface area contributed by atoms with E-state index in [2.05, 4.69) is 10.6 Å². The molecule has 0 unspecified atom stereocenters. The Bertz CT molecular complexity index is 143. The van der Waals surface area contributed by atoms with Crippen LogP contribution in [-0.4, -0.2) is 31.8 Å². The molecule has 0 saturated carbocycles. The number of carbonyl (C=O) groups is 2. The first-order valence-electron chi connectivity index (χ1n) is 3.26. The SMILES string of the molecule is O=CCNC(=O)C1CNC1. The smallest absolute Gasteiger partial charge is 0.226 e. The zero-order valence-electron chi connectivity index (χ0n) is 5.59. The quantitative estimate of drug-likeness (QED) is 0.472. The molecule has 1 heterocycles. The Hall–Kier alpha value is -0.900. The molecule has 0 spiro atoms. The fraction of sp³-hybridized carbons (Fsp3) is 0.667. The molecule has 1 saturated heterocycles. The fourth-order valence-electron chi connectivity index (χ4n) is 0.761. The minimum absolute atomic E-state index is 0.0224. The van der Waals surface area contributed by atoms with Gasteiger partial charge in [0.1, 0.15) is 6.29 Å². The van der Waals surface area contributed by atoms with Crippen molar-refractivity contribution in [2.45, 2.75) is 0 Å². The molecule has 1 aliphatic heterocycles. The molecule has 0 aromatic carbocycles. The predicted octanol–water partition coefficient (Wildman–Crippen LogP) is -1.48. The van der Waals surface area contributed by atoms with E-state index < -0.39 is 0 Å². The third-order valence-electron chi connectivity index (χ3n) is 1.51. The van der Waals surface area contributed by atoms with Gasteiger partial charge in [-0.2, -0.15) is 0 Å². The second kappa shape index (κ2) is 3.31. The molecule has 2 N–H and O–H groups in total. The molecule has 0 radical (unpaired) electrons. The third-order valence-corrected chi connectivity index (χ3v) is 1.51. The van der Waals surface area contributed by atoms with Crippen molar-refractivity contribution in [2.75, 3.05) is 19.6 Å². The molecule has 0 bridgehead atoms. The summed E-state index contributed by atoms with van der Waals surface area (Å²) in [6.07, 6.45) is 0.685. The lowest BCUT2D eigenvalue weighted by molar-refractivity contribution is -0.127. The lowest BCUT2D eigenvalue weighted by Gasteiger charge is -2.25. The summed E-state index contributed by atoms with van der Waals surface area (Å²) in [6, 6.07) is 0. The number of aldehydes is 1. The maximum atomic E-state index is 10.9. The number of amides is 1. The van der Waals surface area contributed by atoms with Crippen molar-refractivity contribution in [2.24, 2.45) is 5.92 Å². The van der Waals surface area contributed by atoms with Crippen molar-refractivity contribution in [3.8, 4) is 0 Å². The van der Waals surface area contributed by atoms with E-state index in [1.165, 1.54) is 0 Å². The molecule has 1 aliphatic rings. The molecule has 1 amide bonds. The monoisotopic (exact) mass is 142 g/mol. The van der Waals surface area contributed by atoms with E-state index in [0.717, 1.165) is 13.1 Å². The Morgan fingerprint density at radius 2 is 2.40 bits per heavy atom. The number of hydrogen-bond acceptors (Lipinski definition) is 3. The van der Waals surface area contributed by atoms with Gasteiger partial charge in [0.05, 0.1) is 12.5 Å². The highest BCUT2D eigenvalue weighted by molar-refractivity contribution is 5.81. The molecule has 1 rings (SSSR count). The van der Waals surface area contributed by atoms with Crippen LogP contribution in [0.5, 0.6) is 0 Å². The summed E-state index contributed by atoms with van der Waals surface area (Å²) in [6.45, 7) is 1.62. The summed E-state index contributed by atoms with van der Waals surface area (Å²) in [5, 5.41) is 5.46. The molecule has 10 heavy (non-hydrogen) atoms. The van der Waals surface area contributed by atoms with Crippen molar-refractivity contribution in [1.82, 2.24) is 10.6 Å². The van der Waals surface area contributed by atoms with Gasteiger partial charge in [0.2, 0.25) is 5.91 Å². The second-order valence-electron chi connectivity index (χ2n) is 2.27. The van der Waals surface area contributed by atoms with Crippen LogP contribution in [0.3, 0.4) is 0 Å². The van der Waals surface area contributed by atoms with Crippen LogP contribution in [0, 0.1) is 5.92 Å². The van der Waals surface area contributed by atoms with Crippen LogP contribution >= 0.6 is 0 Å². The number of carbonyl (C=O) groups excluding carboxylic acids is 2. The van der Waals surface area contributed by atoms with Crippen LogP contribution < -0.4 is 10.6 Å². The van der Waals surface area contributed by atoms with E-state index in [1.54, 1.807) is 0 Å². The van der Waals surface area contributed by atoms with Crippen LogP contribution in [-0.2, 0) is 9.59 Å². The molecular weight excluding hydrogens is 132 g/mol. The Morgan fingerprint density at radius 1 is 1.70 bits per heavy atom. The highest BCUT2D eigenvalue weighted by atomic mass is 16.2. The summed E-state index contributed by atoms with van der Waals surface area (Å²) >= 11 is 0. The predicted molar refractivity (Wildman–Crippen MR) is 35.4 cm³/mol. The maximum absolute atomic E-state index is 10.9. The maximum Gasteiger partial charge on any atom is 0.226 e. The first-order valence-corrected chi connectivity index (χ1v) is 3.26. The van der Waals surface area contributed by atoms with Crippen molar-refractivity contribution in [1.29, 1.82) is 0 Å². The summed E-state index contributed by atoms with van der Waals surface area (Å²) in [5.74, 6) is 0.0609. The molecule has 4 nitrogen and oxygen atoms in total. The Kier molecular flexibility index (Phi) is 2.39. The number of rotatable bonds is 3. The summed E-state index contributed by atoms with van der Waals surface area (Å²) in [5.41, 5.74) is 0. The zero-order valence-corrected chi connectivity index (χ0v) is 5.59. The van der Waals surface area contributed by atoms with Gasteiger partial charge in [-0.25, -0.2) is 0 Å². The average Bonchev–Trinajstić information content (AvgIpc) is 1.79. The van der Waals surface area contributed by atoms with Gasteiger partial charge in [0, 0.05) is 13.1 Å². The van der Waals surface area contributed by atoms with Gasteiger partial charge >= 0.3 is 0 Å². The van der Waals surface area contributed by atoms with Gasteiger partial charge in [0.15, 0.2) is 0 Å². The highest BCUT2D eigenvalue weighted by Gasteiger charge is 2.23. The Morgan fingerprint density at radius 3 is 2.80 bits per heavy atom. The summed E-state index contributed by atoms with van der Waals surface area (Å²) in [4.78, 5) is 20.7. The van der Waals surface area contributed by atoms with Gasteiger partial charge in [-0.15, -0.1) is 0 Å². The van der Waals surface area contributed by atoms with Crippen LogP contribution in [0.1, 0.15) is 0 Å². The lowest BCUT2D eigenvalue weighted by atomic mass is 10.0. The number of hydrogen-bond donors (Lipinski definition) is 2. The van der Waals surface area contributed by atoms with E-state index in [1.807, 2.05) is 0 Å². The molecule has 0 aliphatic carbocycles. The van der Waals surface area contributed by atoms with Crippen LogP contribution in [0.2, 0.25) is 0 Å². The normalized spacial score (nSPS) is 17.6. The molecule has 0 aromatic heterocycles. The topological polar surface area (TPSA) is 58.2 Å². The molecule has 56 valence electrons. The van der Waals surface area contributed by atoms with Crippen LogP contribution in [0.4, 0.5) is 0 Å². The largest absolute Gasteiger partial charge is 0.349 e. The van der Waals surface area contributed by atoms with Crippen molar-refractivity contribution in [3.63, 3.8) is 0 Å². The zero-order chi connectivity index (χ0) is 7.40. The van der Waals surface area contributed by atoms with Crippen molar-refractivity contribution >= 4 is 12.2 Å². The van der Waals surface area contributed by atoms with Crippen LogP contribution in [0.25, 0.3) is 0 Å². The van der Waals surface area contributed by atoms with E-state index in [4.69, 9.17) is 0 Å². The molecule has 1 fully saturated rings. The molecule has 4 heteroatoms. The molecular formula is C6H10N2O2. The van der Waals surface area contributed by atoms with Crippen LogP contribution in [0.15, 0.2) is 0 Å². The third kappa shape index (κ3) is 1.54. The van der Waals surface area contributed by atoms with E-state index >= 15 is 0 Å². The van der Waals surface area contributed by atoms with Gasteiger partial charge in [-0.1, -0.05) is 0 Å². The van der Waals surface area contributed by atoms with E-state index in [0.29, 0.717) is 6.29 Å². The standard InChI is InChI=1S/C6H10N2O2/c9-2-1-8-6(10)5-3-7-4-5/h2,5,7H,1,3-4H2,(H,8,10). The highest BCUT2D eigenvalue weighted by Crippen LogP contribution is 2.00. The Labute approximate surface area is 59.0 Å². The lowest BCUT2D eigenvalue weighted by Crippen LogP contribution is -2.51. The average molecular weight is 142 g/mol. The minimum Gasteiger partial charge on any atom is -0.349 e. The molecule has 0 atom stereocenters. The number of nitrogens with one attached hydrogen (secondary N) is 2. The minimum atomic E-state index is -0.0224.